The molecule has 7 heteroatoms. The van der Waals surface area contributed by atoms with E-state index in [2.05, 4.69) is 10.6 Å². The van der Waals surface area contributed by atoms with E-state index in [0.717, 1.165) is 23.8 Å². The molecular formula is C14H18ClFN3O2+. The summed E-state index contributed by atoms with van der Waals surface area (Å²) in [7, 11) is 1.76. The van der Waals surface area contributed by atoms with Gasteiger partial charge >= 0.3 is 0 Å². The minimum Gasteiger partial charge on any atom is -0.348 e. The van der Waals surface area contributed by atoms with Crippen molar-refractivity contribution in [3.8, 4) is 0 Å². The highest BCUT2D eigenvalue weighted by Gasteiger charge is 2.24. The van der Waals surface area contributed by atoms with Crippen LogP contribution in [0, 0.1) is 5.82 Å². The largest absolute Gasteiger partial charge is 0.348 e. The fourth-order valence-electron chi connectivity index (χ4n) is 1.90. The molecule has 1 atom stereocenters. The Morgan fingerprint density at radius 1 is 1.33 bits per heavy atom. The fourth-order valence-corrected chi connectivity index (χ4v) is 2.12. The lowest BCUT2D eigenvalue weighted by Gasteiger charge is -2.14. The van der Waals surface area contributed by atoms with Crippen LogP contribution in [-0.2, 0) is 9.59 Å². The monoisotopic (exact) mass is 314 g/mol. The Labute approximate surface area is 127 Å². The lowest BCUT2D eigenvalue weighted by atomic mass is 10.3. The minimum absolute atomic E-state index is 0.0531. The van der Waals surface area contributed by atoms with Crippen LogP contribution < -0.4 is 15.5 Å². The molecule has 1 unspecified atom stereocenters. The van der Waals surface area contributed by atoms with Crippen molar-refractivity contribution < 1.29 is 18.9 Å². The van der Waals surface area contributed by atoms with Crippen molar-refractivity contribution in [2.75, 3.05) is 25.5 Å². The van der Waals surface area contributed by atoms with Crippen molar-refractivity contribution in [3.05, 3.63) is 29.0 Å². The number of quaternary nitrogens is 1. The van der Waals surface area contributed by atoms with E-state index in [0.29, 0.717) is 11.7 Å². The first-order valence-corrected chi connectivity index (χ1v) is 7.17. The van der Waals surface area contributed by atoms with Crippen LogP contribution in [0.2, 0.25) is 5.02 Å². The Kier molecular flexibility index (Phi) is 5.14. The maximum absolute atomic E-state index is 12.9. The van der Waals surface area contributed by atoms with Crippen molar-refractivity contribution in [3.63, 3.8) is 0 Å². The van der Waals surface area contributed by atoms with E-state index >= 15 is 0 Å². The van der Waals surface area contributed by atoms with Gasteiger partial charge in [-0.3, -0.25) is 9.59 Å². The molecule has 0 aliphatic heterocycles. The molecule has 2 rings (SSSR count). The molecule has 0 spiro atoms. The topological polar surface area (TPSA) is 62.6 Å². The molecule has 1 aromatic carbocycles. The summed E-state index contributed by atoms with van der Waals surface area (Å²) in [6, 6.07) is 4.08. The van der Waals surface area contributed by atoms with Crippen LogP contribution in [0.1, 0.15) is 12.8 Å². The van der Waals surface area contributed by atoms with Gasteiger partial charge in [0.1, 0.15) is 5.82 Å². The Morgan fingerprint density at radius 3 is 2.62 bits per heavy atom. The molecule has 1 saturated carbocycles. The van der Waals surface area contributed by atoms with Crippen LogP contribution in [0.5, 0.6) is 0 Å². The molecule has 0 heterocycles. The fraction of sp³-hybridized carbons (Fsp3) is 0.429. The summed E-state index contributed by atoms with van der Waals surface area (Å²) in [4.78, 5) is 24.2. The van der Waals surface area contributed by atoms with E-state index < -0.39 is 5.82 Å². The van der Waals surface area contributed by atoms with Gasteiger partial charge in [0, 0.05) is 6.04 Å². The van der Waals surface area contributed by atoms with Gasteiger partial charge in [0.15, 0.2) is 13.1 Å². The average Bonchev–Trinajstić information content (AvgIpc) is 3.16. The molecule has 21 heavy (non-hydrogen) atoms. The van der Waals surface area contributed by atoms with Gasteiger partial charge in [0.05, 0.1) is 17.8 Å². The standard InChI is InChI=1S/C14H17ClFN3O2/c1-19(7-13(20)17-10-3-4-10)8-14(21)18-12-5-2-9(16)6-11(12)15/h2,5-6,10H,3-4,7-8H2,1H3,(H,17,20)(H,18,21)/p+1. The van der Waals surface area contributed by atoms with E-state index in [-0.39, 0.29) is 29.9 Å². The molecule has 0 bridgehead atoms. The van der Waals surface area contributed by atoms with Crippen LogP contribution in [0.3, 0.4) is 0 Å². The highest BCUT2D eigenvalue weighted by molar-refractivity contribution is 6.33. The number of hydrogen-bond donors (Lipinski definition) is 3. The minimum atomic E-state index is -0.461. The van der Waals surface area contributed by atoms with Crippen molar-refractivity contribution in [1.29, 1.82) is 0 Å². The Hall–Kier alpha value is -1.66. The number of benzene rings is 1. The summed E-state index contributed by atoms with van der Waals surface area (Å²) in [5.41, 5.74) is 0.360. The van der Waals surface area contributed by atoms with Crippen LogP contribution in [-0.4, -0.2) is 38.0 Å². The molecule has 0 aromatic heterocycles. The number of rotatable bonds is 6. The lowest BCUT2D eigenvalue weighted by molar-refractivity contribution is -0.862. The molecule has 1 aromatic rings. The van der Waals surface area contributed by atoms with Gasteiger partial charge in [-0.25, -0.2) is 4.39 Å². The zero-order valence-electron chi connectivity index (χ0n) is 11.7. The quantitative estimate of drug-likeness (QED) is 0.703. The van der Waals surface area contributed by atoms with E-state index in [4.69, 9.17) is 11.6 Å². The highest BCUT2D eigenvalue weighted by atomic mass is 35.5. The second-order valence-corrected chi connectivity index (χ2v) is 5.73. The number of likely N-dealkylation sites (N-methyl/N-ethyl adjacent to an activating group) is 1. The molecule has 3 N–H and O–H groups in total. The third-order valence-corrected chi connectivity index (χ3v) is 3.39. The van der Waals surface area contributed by atoms with E-state index in [1.54, 1.807) is 7.05 Å². The summed E-state index contributed by atoms with van der Waals surface area (Å²) >= 11 is 5.83. The summed E-state index contributed by atoms with van der Waals surface area (Å²) in [6.07, 6.45) is 2.07. The van der Waals surface area contributed by atoms with Crippen LogP contribution in [0.4, 0.5) is 10.1 Å². The highest BCUT2D eigenvalue weighted by Crippen LogP contribution is 2.22. The Balaban J connectivity index is 1.78. The average molecular weight is 315 g/mol. The smallest absolute Gasteiger partial charge is 0.279 e. The molecule has 114 valence electrons. The molecule has 1 aliphatic rings. The predicted octanol–water partition coefficient (Wildman–Crippen LogP) is 0.211. The van der Waals surface area contributed by atoms with Gasteiger partial charge in [-0.2, -0.15) is 0 Å². The summed E-state index contributed by atoms with van der Waals surface area (Å²) in [5.74, 6) is -0.791. The zero-order chi connectivity index (χ0) is 15.4. The maximum Gasteiger partial charge on any atom is 0.279 e. The van der Waals surface area contributed by atoms with Crippen molar-refractivity contribution >= 4 is 29.1 Å². The molecular weight excluding hydrogens is 297 g/mol. The SMILES string of the molecule is C[NH+](CC(=O)Nc1ccc(F)cc1Cl)CC(=O)NC1CC1. The normalized spacial score (nSPS) is 15.4. The zero-order valence-corrected chi connectivity index (χ0v) is 12.5. The first-order valence-electron chi connectivity index (χ1n) is 6.79. The van der Waals surface area contributed by atoms with Gasteiger partial charge < -0.3 is 15.5 Å². The summed E-state index contributed by atoms with van der Waals surface area (Å²) in [6.45, 7) is 0.368. The van der Waals surface area contributed by atoms with Crippen LogP contribution >= 0.6 is 11.6 Å². The number of anilines is 1. The molecule has 1 aliphatic carbocycles. The van der Waals surface area contributed by atoms with Crippen LogP contribution in [0.25, 0.3) is 0 Å². The third-order valence-electron chi connectivity index (χ3n) is 3.07. The second kappa shape index (κ2) is 6.87. The molecule has 2 amide bonds. The number of carbonyl (C=O) groups is 2. The van der Waals surface area contributed by atoms with Crippen molar-refractivity contribution in [1.82, 2.24) is 5.32 Å². The van der Waals surface area contributed by atoms with Gasteiger partial charge in [0.25, 0.3) is 11.8 Å². The molecule has 0 radical (unpaired) electrons. The molecule has 0 saturated heterocycles. The van der Waals surface area contributed by atoms with E-state index in [1.165, 1.54) is 12.1 Å². The predicted molar refractivity (Wildman–Crippen MR) is 77.8 cm³/mol. The first kappa shape index (κ1) is 15.7. The Morgan fingerprint density at radius 2 is 2.00 bits per heavy atom. The number of hydrogen-bond acceptors (Lipinski definition) is 2. The lowest BCUT2D eigenvalue weighted by Crippen LogP contribution is -3.11. The van der Waals surface area contributed by atoms with Crippen molar-refractivity contribution in [2.45, 2.75) is 18.9 Å². The summed E-state index contributed by atoms with van der Waals surface area (Å²) < 4.78 is 12.9. The number of carbonyl (C=O) groups excluding carboxylic acids is 2. The number of nitrogens with one attached hydrogen (secondary N) is 3. The van der Waals surface area contributed by atoms with E-state index in [9.17, 15) is 14.0 Å². The van der Waals surface area contributed by atoms with Crippen molar-refractivity contribution in [2.24, 2.45) is 0 Å². The number of halogens is 2. The van der Waals surface area contributed by atoms with Gasteiger partial charge in [0.2, 0.25) is 0 Å². The van der Waals surface area contributed by atoms with Gasteiger partial charge in [-0.15, -0.1) is 0 Å². The summed E-state index contributed by atoms with van der Waals surface area (Å²) in [5, 5.41) is 5.62. The van der Waals surface area contributed by atoms with Crippen LogP contribution in [0.15, 0.2) is 18.2 Å². The molecule has 5 nitrogen and oxygen atoms in total. The molecule has 1 fully saturated rings. The van der Waals surface area contributed by atoms with Gasteiger partial charge in [-0.1, -0.05) is 11.6 Å². The number of amides is 2. The first-order chi connectivity index (χ1) is 9.94. The second-order valence-electron chi connectivity index (χ2n) is 5.32. The van der Waals surface area contributed by atoms with Gasteiger partial charge in [-0.05, 0) is 31.0 Å². The maximum atomic E-state index is 12.9. The Bertz CT molecular complexity index is 549. The van der Waals surface area contributed by atoms with E-state index in [1.807, 2.05) is 0 Å². The third kappa shape index (κ3) is 5.32.